The minimum Gasteiger partial charge on any atom is -0.489 e. The van der Waals surface area contributed by atoms with Crippen molar-refractivity contribution in [1.29, 1.82) is 0 Å². The molecule has 0 bridgehead atoms. The predicted octanol–water partition coefficient (Wildman–Crippen LogP) is 0.0201. The number of hydrogen-bond donors (Lipinski definition) is 3. The Morgan fingerprint density at radius 2 is 1.71 bits per heavy atom. The Labute approximate surface area is 140 Å². The molecule has 126 valence electrons. The molecule has 0 saturated heterocycles. The topological polar surface area (TPSA) is 109 Å². The van der Waals surface area contributed by atoms with Gasteiger partial charge in [-0.15, -0.1) is 0 Å². The molecule has 6 nitrogen and oxygen atoms in total. The van der Waals surface area contributed by atoms with Crippen molar-refractivity contribution in [3.63, 3.8) is 0 Å². The van der Waals surface area contributed by atoms with Gasteiger partial charge in [0.2, 0.25) is 5.91 Å². The van der Waals surface area contributed by atoms with E-state index in [1.807, 2.05) is 54.6 Å². The van der Waals surface area contributed by atoms with Crippen LogP contribution in [0.3, 0.4) is 0 Å². The summed E-state index contributed by atoms with van der Waals surface area (Å²) >= 11 is 0. The molecule has 0 aliphatic heterocycles. The van der Waals surface area contributed by atoms with Crippen LogP contribution in [0.25, 0.3) is 0 Å². The highest BCUT2D eigenvalue weighted by Gasteiger charge is 2.18. The molecule has 0 aliphatic rings. The van der Waals surface area contributed by atoms with Gasteiger partial charge in [0.15, 0.2) is 6.54 Å². The van der Waals surface area contributed by atoms with E-state index in [1.54, 1.807) is 0 Å². The molecule has 0 radical (unpaired) electrons. The molecule has 24 heavy (non-hydrogen) atoms. The van der Waals surface area contributed by atoms with Crippen LogP contribution in [0.5, 0.6) is 5.75 Å². The number of quaternary nitrogens is 1. The summed E-state index contributed by atoms with van der Waals surface area (Å²) in [6.07, 6.45) is 0.333. The summed E-state index contributed by atoms with van der Waals surface area (Å²) in [4.78, 5) is 22.8. The lowest BCUT2D eigenvalue weighted by atomic mass is 10.1. The van der Waals surface area contributed by atoms with E-state index in [0.29, 0.717) is 13.0 Å². The Hall–Kier alpha value is -2.86. The highest BCUT2D eigenvalue weighted by atomic mass is 16.5. The molecular formula is C18H22N3O3+. The maximum atomic E-state index is 11.4. The Morgan fingerprint density at radius 1 is 1.04 bits per heavy atom. The maximum Gasteiger partial charge on any atom is 0.275 e. The van der Waals surface area contributed by atoms with Gasteiger partial charge < -0.3 is 21.5 Å². The first-order valence-corrected chi connectivity index (χ1v) is 7.72. The zero-order valence-electron chi connectivity index (χ0n) is 13.4. The SMILES string of the molecule is NC(=O)[C@H](Cc1ccc(OCc2ccccc2)cc1)NC(=O)C[NH3+]. The average Bonchev–Trinajstić information content (AvgIpc) is 2.61. The summed E-state index contributed by atoms with van der Waals surface area (Å²) in [6, 6.07) is 16.5. The number of nitrogens with two attached hydrogens (primary N) is 1. The molecule has 2 rings (SSSR count). The molecule has 2 aromatic rings. The first-order valence-electron chi connectivity index (χ1n) is 7.72. The van der Waals surface area contributed by atoms with Crippen LogP contribution in [0.15, 0.2) is 54.6 Å². The standard InChI is InChI=1S/C18H21N3O3/c19-11-17(22)21-16(18(20)23)10-13-6-8-15(9-7-13)24-12-14-4-2-1-3-5-14/h1-9,16H,10-12,19H2,(H2,20,23)(H,21,22)/p+1/t16-/m0/s1. The lowest BCUT2D eigenvalue weighted by Crippen LogP contribution is -2.60. The normalized spacial score (nSPS) is 11.5. The van der Waals surface area contributed by atoms with Gasteiger partial charge in [-0.3, -0.25) is 9.59 Å². The van der Waals surface area contributed by atoms with Gasteiger partial charge in [0, 0.05) is 6.42 Å². The molecule has 6 N–H and O–H groups in total. The molecule has 0 spiro atoms. The van der Waals surface area contributed by atoms with Crippen molar-refractivity contribution in [2.45, 2.75) is 19.1 Å². The second-order valence-electron chi connectivity index (χ2n) is 5.39. The Morgan fingerprint density at radius 3 is 2.29 bits per heavy atom. The predicted molar refractivity (Wildman–Crippen MR) is 89.8 cm³/mol. The minimum atomic E-state index is -0.740. The van der Waals surface area contributed by atoms with Crippen LogP contribution in [0.4, 0.5) is 0 Å². The quantitative estimate of drug-likeness (QED) is 0.635. The number of rotatable bonds is 8. The number of hydrogen-bond acceptors (Lipinski definition) is 3. The van der Waals surface area contributed by atoms with Gasteiger partial charge >= 0.3 is 0 Å². The van der Waals surface area contributed by atoms with E-state index in [-0.39, 0.29) is 12.5 Å². The largest absolute Gasteiger partial charge is 0.489 e. The Kier molecular flexibility index (Phi) is 6.33. The van der Waals surface area contributed by atoms with Gasteiger partial charge in [-0.05, 0) is 23.3 Å². The van der Waals surface area contributed by atoms with Crippen LogP contribution < -0.4 is 21.5 Å². The fourth-order valence-corrected chi connectivity index (χ4v) is 2.19. The van der Waals surface area contributed by atoms with Crippen molar-refractivity contribution in [3.05, 3.63) is 65.7 Å². The highest BCUT2D eigenvalue weighted by molar-refractivity contribution is 5.87. The number of ether oxygens (including phenoxy) is 1. The van der Waals surface area contributed by atoms with Gasteiger partial charge in [0.05, 0.1) is 0 Å². The minimum absolute atomic E-state index is 0.0655. The van der Waals surface area contributed by atoms with Crippen LogP contribution in [-0.4, -0.2) is 24.4 Å². The third kappa shape index (κ3) is 5.40. The van der Waals surface area contributed by atoms with Crippen molar-refractivity contribution in [2.75, 3.05) is 6.54 Å². The maximum absolute atomic E-state index is 11.4. The monoisotopic (exact) mass is 328 g/mol. The van der Waals surface area contributed by atoms with Gasteiger partial charge in [-0.1, -0.05) is 42.5 Å². The molecule has 1 atom stereocenters. The summed E-state index contributed by atoms with van der Waals surface area (Å²) in [5.41, 5.74) is 10.8. The fraction of sp³-hybridized carbons (Fsp3) is 0.222. The number of amides is 2. The van der Waals surface area contributed by atoms with E-state index in [0.717, 1.165) is 16.9 Å². The van der Waals surface area contributed by atoms with E-state index in [2.05, 4.69) is 11.1 Å². The van der Waals surface area contributed by atoms with E-state index >= 15 is 0 Å². The highest BCUT2D eigenvalue weighted by Crippen LogP contribution is 2.15. The van der Waals surface area contributed by atoms with E-state index in [1.165, 1.54) is 0 Å². The summed E-state index contributed by atoms with van der Waals surface area (Å²) in [6.45, 7) is 0.555. The second-order valence-corrected chi connectivity index (χ2v) is 5.39. The van der Waals surface area contributed by atoms with Crippen molar-refractivity contribution in [3.8, 4) is 5.75 Å². The lowest BCUT2D eigenvalue weighted by Gasteiger charge is -2.14. The molecule has 2 amide bonds. The molecule has 6 heteroatoms. The van der Waals surface area contributed by atoms with Crippen LogP contribution in [0, 0.1) is 0 Å². The lowest BCUT2D eigenvalue weighted by molar-refractivity contribution is -0.355. The van der Waals surface area contributed by atoms with E-state index in [9.17, 15) is 9.59 Å². The number of nitrogens with one attached hydrogen (secondary N) is 1. The number of carbonyl (C=O) groups is 2. The zero-order chi connectivity index (χ0) is 17.4. The smallest absolute Gasteiger partial charge is 0.275 e. The van der Waals surface area contributed by atoms with E-state index < -0.39 is 11.9 Å². The van der Waals surface area contributed by atoms with Gasteiger partial charge in [-0.2, -0.15) is 0 Å². The molecular weight excluding hydrogens is 306 g/mol. The van der Waals surface area contributed by atoms with Crippen LogP contribution in [0.1, 0.15) is 11.1 Å². The van der Waals surface area contributed by atoms with Crippen molar-refractivity contribution < 1.29 is 20.1 Å². The number of primary amides is 1. The van der Waals surface area contributed by atoms with Crippen molar-refractivity contribution in [1.82, 2.24) is 5.32 Å². The second kappa shape index (κ2) is 8.69. The fourth-order valence-electron chi connectivity index (χ4n) is 2.19. The molecule has 0 aliphatic carbocycles. The first-order chi connectivity index (χ1) is 11.6. The van der Waals surface area contributed by atoms with Crippen LogP contribution >= 0.6 is 0 Å². The summed E-state index contributed by atoms with van der Waals surface area (Å²) < 4.78 is 5.71. The van der Waals surface area contributed by atoms with Crippen LogP contribution in [-0.2, 0) is 22.6 Å². The molecule has 0 aromatic heterocycles. The Bertz CT molecular complexity index is 672. The molecule has 0 saturated carbocycles. The summed E-state index contributed by atoms with van der Waals surface area (Å²) in [5.74, 6) is -0.136. The number of benzene rings is 2. The molecule has 0 fully saturated rings. The molecule has 0 unspecified atom stereocenters. The first kappa shape index (κ1) is 17.5. The summed E-state index contributed by atoms with van der Waals surface area (Å²) in [7, 11) is 0. The third-order valence-corrected chi connectivity index (χ3v) is 3.52. The van der Waals surface area contributed by atoms with Gasteiger partial charge in [0.1, 0.15) is 18.4 Å². The van der Waals surface area contributed by atoms with Gasteiger partial charge in [0.25, 0.3) is 5.91 Å². The average molecular weight is 328 g/mol. The Balaban J connectivity index is 1.92. The third-order valence-electron chi connectivity index (χ3n) is 3.52. The molecule has 0 heterocycles. The number of carbonyl (C=O) groups excluding carboxylic acids is 2. The van der Waals surface area contributed by atoms with Crippen LogP contribution in [0.2, 0.25) is 0 Å². The zero-order valence-corrected chi connectivity index (χ0v) is 13.4. The van der Waals surface area contributed by atoms with E-state index in [4.69, 9.17) is 10.5 Å². The summed E-state index contributed by atoms with van der Waals surface area (Å²) in [5, 5.41) is 2.57. The van der Waals surface area contributed by atoms with Crippen molar-refractivity contribution in [2.24, 2.45) is 5.73 Å². The molecule has 2 aromatic carbocycles. The van der Waals surface area contributed by atoms with Gasteiger partial charge in [-0.25, -0.2) is 0 Å². The van der Waals surface area contributed by atoms with Crippen molar-refractivity contribution >= 4 is 11.8 Å².